The third-order valence-electron chi connectivity index (χ3n) is 4.31. The number of aryl methyl sites for hydroxylation is 1. The Morgan fingerprint density at radius 2 is 2.16 bits per heavy atom. The van der Waals surface area contributed by atoms with E-state index < -0.39 is 0 Å². The Labute approximate surface area is 115 Å². The molecule has 2 atom stereocenters. The first kappa shape index (κ1) is 13.0. The smallest absolute Gasteiger partial charge is 0.145 e. The molecule has 1 N–H and O–H groups in total. The second-order valence-electron chi connectivity index (χ2n) is 6.04. The Hall–Kier alpha value is -1.00. The maximum absolute atomic E-state index is 4.87. The number of aromatic nitrogens is 2. The molecule has 104 valence electrons. The number of nitrogens with one attached hydrogen (secondary N) is 1. The molecule has 2 unspecified atom stereocenters. The van der Waals surface area contributed by atoms with Crippen molar-refractivity contribution in [2.75, 3.05) is 26.7 Å². The van der Waals surface area contributed by atoms with E-state index >= 15 is 0 Å². The van der Waals surface area contributed by atoms with Crippen molar-refractivity contribution < 1.29 is 0 Å². The molecule has 4 heteroatoms. The van der Waals surface area contributed by atoms with Gasteiger partial charge >= 0.3 is 0 Å². The van der Waals surface area contributed by atoms with Crippen molar-refractivity contribution in [1.29, 1.82) is 0 Å². The van der Waals surface area contributed by atoms with Crippen molar-refractivity contribution >= 4 is 0 Å². The molecule has 0 bridgehead atoms. The minimum atomic E-state index is 0.375. The van der Waals surface area contributed by atoms with Crippen LogP contribution < -0.4 is 5.32 Å². The number of likely N-dealkylation sites (N-methyl/N-ethyl adjacent to an activating group) is 1. The van der Waals surface area contributed by atoms with Crippen molar-refractivity contribution in [1.82, 2.24) is 20.2 Å². The van der Waals surface area contributed by atoms with Gasteiger partial charge in [-0.15, -0.1) is 0 Å². The average molecular weight is 260 g/mol. The first-order valence-corrected chi connectivity index (χ1v) is 7.50. The molecule has 0 aliphatic carbocycles. The lowest BCUT2D eigenvalue weighted by molar-refractivity contribution is 0.248. The Morgan fingerprint density at radius 3 is 2.89 bits per heavy atom. The minimum Gasteiger partial charge on any atom is -0.307 e. The molecule has 0 amide bonds. The number of likely N-dealkylation sites (tertiary alicyclic amines) is 1. The van der Waals surface area contributed by atoms with Gasteiger partial charge < -0.3 is 10.2 Å². The lowest BCUT2D eigenvalue weighted by atomic mass is 9.94. The summed E-state index contributed by atoms with van der Waals surface area (Å²) >= 11 is 0. The van der Waals surface area contributed by atoms with Crippen LogP contribution in [-0.4, -0.2) is 41.5 Å². The number of rotatable bonds is 2. The summed E-state index contributed by atoms with van der Waals surface area (Å²) in [5.41, 5.74) is 2.37. The van der Waals surface area contributed by atoms with Crippen LogP contribution in [0.4, 0.5) is 0 Å². The van der Waals surface area contributed by atoms with Gasteiger partial charge in [-0.05, 0) is 58.8 Å². The summed E-state index contributed by atoms with van der Waals surface area (Å²) in [7, 11) is 2.21. The van der Waals surface area contributed by atoms with E-state index in [-0.39, 0.29) is 0 Å². The summed E-state index contributed by atoms with van der Waals surface area (Å²) in [6, 6.07) is 2.56. The Balaban J connectivity index is 1.84. The minimum absolute atomic E-state index is 0.375. The lowest BCUT2D eigenvalue weighted by Gasteiger charge is -2.29. The summed E-state index contributed by atoms with van der Waals surface area (Å²) < 4.78 is 0. The molecule has 1 aromatic heterocycles. The molecule has 2 aliphatic rings. The van der Waals surface area contributed by atoms with Crippen molar-refractivity contribution in [3.63, 3.8) is 0 Å². The van der Waals surface area contributed by atoms with E-state index in [0.717, 1.165) is 24.6 Å². The molecule has 2 saturated heterocycles. The summed E-state index contributed by atoms with van der Waals surface area (Å²) in [4.78, 5) is 11.9. The molecule has 0 saturated carbocycles. The first-order valence-electron chi connectivity index (χ1n) is 7.50. The molecular formula is C15H24N4. The van der Waals surface area contributed by atoms with Crippen LogP contribution in [0.15, 0.2) is 6.07 Å². The van der Waals surface area contributed by atoms with Gasteiger partial charge in [0.05, 0.1) is 6.04 Å². The molecule has 0 aromatic carbocycles. The number of piperidine rings is 1. The van der Waals surface area contributed by atoms with Gasteiger partial charge in [0, 0.05) is 23.9 Å². The molecule has 0 radical (unpaired) electrons. The molecular weight excluding hydrogens is 236 g/mol. The molecule has 2 fully saturated rings. The SMILES string of the molecule is Cc1cc(C2CCCN(C)C2)nc(C2CCCN2)n1. The fourth-order valence-corrected chi connectivity index (χ4v) is 3.29. The van der Waals surface area contributed by atoms with Crippen molar-refractivity contribution in [3.05, 3.63) is 23.3 Å². The topological polar surface area (TPSA) is 41.1 Å². The van der Waals surface area contributed by atoms with Gasteiger partial charge in [0.25, 0.3) is 0 Å². The molecule has 19 heavy (non-hydrogen) atoms. The zero-order valence-corrected chi connectivity index (χ0v) is 12.0. The van der Waals surface area contributed by atoms with Gasteiger partial charge in [-0.3, -0.25) is 0 Å². The zero-order chi connectivity index (χ0) is 13.2. The van der Waals surface area contributed by atoms with Gasteiger partial charge in [0.15, 0.2) is 0 Å². The third-order valence-corrected chi connectivity index (χ3v) is 4.31. The van der Waals surface area contributed by atoms with Gasteiger partial charge in [0.2, 0.25) is 0 Å². The second kappa shape index (κ2) is 5.55. The number of nitrogens with zero attached hydrogens (tertiary/aromatic N) is 3. The van der Waals surface area contributed by atoms with Crippen molar-refractivity contribution in [3.8, 4) is 0 Å². The van der Waals surface area contributed by atoms with Crippen LogP contribution in [0.2, 0.25) is 0 Å². The van der Waals surface area contributed by atoms with E-state index in [1.165, 1.54) is 37.9 Å². The van der Waals surface area contributed by atoms with E-state index in [0.29, 0.717) is 12.0 Å². The summed E-state index contributed by atoms with van der Waals surface area (Å²) in [5, 5.41) is 3.50. The quantitative estimate of drug-likeness (QED) is 0.883. The predicted octanol–water partition coefficient (Wildman–Crippen LogP) is 2.02. The zero-order valence-electron chi connectivity index (χ0n) is 12.0. The fraction of sp³-hybridized carbons (Fsp3) is 0.733. The second-order valence-corrected chi connectivity index (χ2v) is 6.04. The van der Waals surface area contributed by atoms with Gasteiger partial charge in [0.1, 0.15) is 5.82 Å². The first-order chi connectivity index (χ1) is 9.22. The molecule has 1 aromatic rings. The standard InChI is InChI=1S/C15H24N4/c1-11-9-14(12-5-4-8-19(2)10-12)18-15(17-11)13-6-3-7-16-13/h9,12-13,16H,3-8,10H2,1-2H3. The normalized spacial score (nSPS) is 28.7. The van der Waals surface area contributed by atoms with Gasteiger partial charge in [-0.1, -0.05) is 0 Å². The maximum atomic E-state index is 4.87. The molecule has 0 spiro atoms. The van der Waals surface area contributed by atoms with E-state index in [4.69, 9.17) is 4.98 Å². The molecule has 4 nitrogen and oxygen atoms in total. The van der Waals surface area contributed by atoms with Crippen LogP contribution in [0.1, 0.15) is 54.9 Å². The predicted molar refractivity (Wildman–Crippen MR) is 76.2 cm³/mol. The van der Waals surface area contributed by atoms with Crippen LogP contribution in [0, 0.1) is 6.92 Å². The van der Waals surface area contributed by atoms with E-state index in [1.54, 1.807) is 0 Å². The highest BCUT2D eigenvalue weighted by atomic mass is 15.1. The van der Waals surface area contributed by atoms with Crippen LogP contribution >= 0.6 is 0 Å². The lowest BCUT2D eigenvalue weighted by Crippen LogP contribution is -2.31. The number of hydrogen-bond acceptors (Lipinski definition) is 4. The van der Waals surface area contributed by atoms with Crippen molar-refractivity contribution in [2.24, 2.45) is 0 Å². The van der Waals surface area contributed by atoms with Gasteiger partial charge in [-0.25, -0.2) is 9.97 Å². The molecule has 3 heterocycles. The monoisotopic (exact) mass is 260 g/mol. The summed E-state index contributed by atoms with van der Waals surface area (Å²) in [6.45, 7) is 5.55. The highest BCUT2D eigenvalue weighted by molar-refractivity contribution is 5.17. The van der Waals surface area contributed by atoms with E-state index in [1.807, 2.05) is 0 Å². The van der Waals surface area contributed by atoms with Gasteiger partial charge in [-0.2, -0.15) is 0 Å². The fourth-order valence-electron chi connectivity index (χ4n) is 3.29. The average Bonchev–Trinajstić information content (AvgIpc) is 2.92. The Kier molecular flexibility index (Phi) is 3.80. The van der Waals surface area contributed by atoms with Crippen LogP contribution in [-0.2, 0) is 0 Å². The van der Waals surface area contributed by atoms with Crippen molar-refractivity contribution in [2.45, 2.75) is 44.6 Å². The summed E-state index contributed by atoms with van der Waals surface area (Å²) in [6.07, 6.45) is 4.95. The third kappa shape index (κ3) is 2.95. The maximum Gasteiger partial charge on any atom is 0.145 e. The van der Waals surface area contributed by atoms with E-state index in [2.05, 4.69) is 35.2 Å². The molecule has 2 aliphatic heterocycles. The Bertz CT molecular complexity index is 440. The molecule has 3 rings (SSSR count). The van der Waals surface area contributed by atoms with Crippen LogP contribution in [0.3, 0.4) is 0 Å². The summed E-state index contributed by atoms with van der Waals surface area (Å²) in [5.74, 6) is 1.60. The highest BCUT2D eigenvalue weighted by Gasteiger charge is 2.24. The Morgan fingerprint density at radius 1 is 1.26 bits per heavy atom. The van der Waals surface area contributed by atoms with E-state index in [9.17, 15) is 0 Å². The number of hydrogen-bond donors (Lipinski definition) is 1. The largest absolute Gasteiger partial charge is 0.307 e. The van der Waals surface area contributed by atoms with Crippen LogP contribution in [0.5, 0.6) is 0 Å². The highest BCUT2D eigenvalue weighted by Crippen LogP contribution is 2.27. The van der Waals surface area contributed by atoms with Crippen LogP contribution in [0.25, 0.3) is 0 Å².